The molecule has 70 valence electrons. The fourth-order valence-corrected chi connectivity index (χ4v) is 0.952. The summed E-state index contributed by atoms with van der Waals surface area (Å²) >= 11 is 0. The molecule has 1 aromatic rings. The summed E-state index contributed by atoms with van der Waals surface area (Å²) in [6.07, 6.45) is 0. The summed E-state index contributed by atoms with van der Waals surface area (Å²) in [6.45, 7) is 0. The molecule has 0 saturated heterocycles. The van der Waals surface area contributed by atoms with Crippen molar-refractivity contribution in [2.45, 2.75) is 0 Å². The van der Waals surface area contributed by atoms with E-state index in [9.17, 15) is 8.42 Å². The van der Waals surface area contributed by atoms with Gasteiger partial charge < -0.3 is 4.18 Å². The van der Waals surface area contributed by atoms with Crippen LogP contribution in [0.4, 0.5) is 0 Å². The first kappa shape index (κ1) is 11.4. The van der Waals surface area contributed by atoms with Crippen LogP contribution in [0.1, 0.15) is 0 Å². The molecule has 1 rings (SSSR count). The lowest BCUT2D eigenvalue weighted by molar-refractivity contribution is 0.387. The molecular weight excluding hydrogens is 196 g/mol. The second kappa shape index (κ2) is 5.08. The Bertz CT molecular complexity index is 359. The first-order valence-corrected chi connectivity index (χ1v) is 4.36. The first-order chi connectivity index (χ1) is 6.08. The summed E-state index contributed by atoms with van der Waals surface area (Å²) in [5.74, 6) is 0.0926. The number of benzene rings is 1. The monoisotopic (exact) mass is 202 g/mol. The number of para-hydroxylation sites is 1. The number of hydrogen-bond acceptors (Lipinski definition) is 5. The third-order valence-electron chi connectivity index (χ3n) is 0.945. The summed E-state index contributed by atoms with van der Waals surface area (Å²) in [5, 5.41) is 12.0. The number of rotatable bonds is 2. The second-order valence-electron chi connectivity index (χ2n) is 1.82. The van der Waals surface area contributed by atoms with E-state index in [0.717, 1.165) is 0 Å². The average molecular weight is 202 g/mol. The minimum atomic E-state index is -4.38. The molecule has 1 N–H and O–H groups in total. The van der Waals surface area contributed by atoms with E-state index in [1.807, 2.05) is 0 Å². The first-order valence-electron chi connectivity index (χ1n) is 3.00. The van der Waals surface area contributed by atoms with Gasteiger partial charge in [-0.1, -0.05) is 18.2 Å². The highest BCUT2D eigenvalue weighted by atomic mass is 32.3. The van der Waals surface area contributed by atoms with Crippen molar-refractivity contribution in [1.29, 1.82) is 10.8 Å². The molecule has 0 aromatic heterocycles. The summed E-state index contributed by atoms with van der Waals surface area (Å²) in [5.41, 5.74) is 0. The van der Waals surface area contributed by atoms with E-state index < -0.39 is 10.4 Å². The molecule has 0 aliphatic carbocycles. The summed E-state index contributed by atoms with van der Waals surface area (Å²) in [6, 6.07) is 7.75. The van der Waals surface area contributed by atoms with Crippen molar-refractivity contribution < 1.29 is 17.2 Å². The zero-order valence-electron chi connectivity index (χ0n) is 6.36. The quantitative estimate of drug-likeness (QED) is 0.563. The molecule has 0 unspecified atom stereocenters. The van der Waals surface area contributed by atoms with E-state index >= 15 is 0 Å². The molecule has 0 aliphatic heterocycles. The molecule has 0 bridgehead atoms. The fourth-order valence-electron chi connectivity index (χ4n) is 0.598. The van der Waals surface area contributed by atoms with E-state index in [1.165, 1.54) is 12.1 Å². The maximum Gasteiger partial charge on any atom is 0.446 e. The van der Waals surface area contributed by atoms with Gasteiger partial charge in [0.05, 0.1) is 0 Å². The lowest BCUT2D eigenvalue weighted by Gasteiger charge is -1.98. The molecule has 6 nitrogen and oxygen atoms in total. The van der Waals surface area contributed by atoms with Crippen molar-refractivity contribution in [1.82, 2.24) is 0 Å². The Morgan fingerprint density at radius 3 is 2.00 bits per heavy atom. The van der Waals surface area contributed by atoms with Crippen LogP contribution in [-0.2, 0) is 10.4 Å². The van der Waals surface area contributed by atoms with E-state index in [-0.39, 0.29) is 5.75 Å². The van der Waals surface area contributed by atoms with Crippen LogP contribution >= 0.6 is 0 Å². The molecule has 0 amide bonds. The lowest BCUT2D eigenvalue weighted by Crippen LogP contribution is -2.06. The number of hydrogen-bond donors (Lipinski definition) is 1. The Hall–Kier alpha value is -1.65. The predicted octanol–water partition coefficient (Wildman–Crippen LogP) is 0.898. The zero-order chi connectivity index (χ0) is 10.3. The van der Waals surface area contributed by atoms with Crippen molar-refractivity contribution in [3.8, 4) is 5.75 Å². The molecule has 0 saturated carbocycles. The van der Waals surface area contributed by atoms with Crippen LogP contribution in [0.5, 0.6) is 5.75 Å². The van der Waals surface area contributed by atoms with Crippen LogP contribution < -0.4 is 4.18 Å². The van der Waals surface area contributed by atoms with Crippen LogP contribution in [0.3, 0.4) is 0 Å². The normalized spacial score (nSPS) is 9.46. The molecular formula is C6H6N2O4S. The Labute approximate surface area is 75.1 Å². The highest BCUT2D eigenvalue weighted by Crippen LogP contribution is 2.09. The van der Waals surface area contributed by atoms with Crippen LogP contribution in [0.2, 0.25) is 0 Å². The van der Waals surface area contributed by atoms with E-state index in [1.54, 1.807) is 18.2 Å². The van der Waals surface area contributed by atoms with Gasteiger partial charge in [0, 0.05) is 10.8 Å². The fraction of sp³-hybridized carbons (Fsp3) is 0. The maximum absolute atomic E-state index is 10.1. The molecule has 0 aliphatic rings. The van der Waals surface area contributed by atoms with Gasteiger partial charge in [0.25, 0.3) is 0 Å². The van der Waals surface area contributed by atoms with Crippen molar-refractivity contribution in [2.24, 2.45) is 0 Å². The van der Waals surface area contributed by atoms with Gasteiger partial charge in [-0.2, -0.15) is 8.42 Å². The molecule has 0 radical (unpaired) electrons. The topological polar surface area (TPSA) is 111 Å². The van der Waals surface area contributed by atoms with Crippen molar-refractivity contribution in [2.75, 3.05) is 0 Å². The minimum Gasteiger partial charge on any atom is -0.362 e. The highest BCUT2D eigenvalue weighted by molar-refractivity contribution is 7.81. The summed E-state index contributed by atoms with van der Waals surface area (Å²) in [4.78, 5) is 0. The predicted molar refractivity (Wildman–Crippen MR) is 42.1 cm³/mol. The van der Waals surface area contributed by atoms with Crippen molar-refractivity contribution in [3.05, 3.63) is 30.3 Å². The van der Waals surface area contributed by atoms with Crippen molar-refractivity contribution >= 4 is 10.4 Å². The number of nitrogens with zero attached hydrogens (tertiary/aromatic N) is 2. The molecule has 0 atom stereocenters. The average Bonchev–Trinajstić information content (AvgIpc) is 2.07. The maximum atomic E-state index is 10.1. The zero-order valence-corrected chi connectivity index (χ0v) is 7.18. The summed E-state index contributed by atoms with van der Waals surface area (Å²) in [7, 11) is -4.38. The highest BCUT2D eigenvalue weighted by Gasteiger charge is 2.04. The Morgan fingerprint density at radius 2 is 1.62 bits per heavy atom. The van der Waals surface area contributed by atoms with Gasteiger partial charge in [-0.15, -0.1) is 0 Å². The SMILES string of the molecule is N#N.O=S(=O)(O)Oc1ccccc1. The Balaban J connectivity index is 0.000000671. The molecule has 0 fully saturated rings. The van der Waals surface area contributed by atoms with Crippen LogP contribution in [0.25, 0.3) is 0 Å². The van der Waals surface area contributed by atoms with Gasteiger partial charge in [-0.05, 0) is 12.1 Å². The van der Waals surface area contributed by atoms with Crippen LogP contribution in [-0.4, -0.2) is 13.0 Å². The van der Waals surface area contributed by atoms with Gasteiger partial charge in [0.1, 0.15) is 5.75 Å². The Morgan fingerprint density at radius 1 is 1.15 bits per heavy atom. The largest absolute Gasteiger partial charge is 0.446 e. The molecule has 0 spiro atoms. The van der Waals surface area contributed by atoms with Crippen LogP contribution in [0.15, 0.2) is 30.3 Å². The lowest BCUT2D eigenvalue weighted by atomic mass is 10.3. The molecule has 7 heteroatoms. The van der Waals surface area contributed by atoms with E-state index in [0.29, 0.717) is 0 Å². The van der Waals surface area contributed by atoms with Crippen LogP contribution in [0, 0.1) is 10.8 Å². The van der Waals surface area contributed by atoms with Gasteiger partial charge >= 0.3 is 10.4 Å². The van der Waals surface area contributed by atoms with Gasteiger partial charge in [-0.3, -0.25) is 4.55 Å². The van der Waals surface area contributed by atoms with Gasteiger partial charge in [0.2, 0.25) is 0 Å². The standard InChI is InChI=1S/C6H6O4S.N2/c7-11(8,9)10-6-4-2-1-3-5-6;1-2/h1-5H,(H,7,8,9);. The third-order valence-corrected chi connectivity index (χ3v) is 1.35. The molecule has 1 aromatic carbocycles. The smallest absolute Gasteiger partial charge is 0.362 e. The second-order valence-corrected chi connectivity index (χ2v) is 2.85. The van der Waals surface area contributed by atoms with Gasteiger partial charge in [-0.25, -0.2) is 0 Å². The molecule has 0 heterocycles. The van der Waals surface area contributed by atoms with Gasteiger partial charge in [0.15, 0.2) is 0 Å². The Kier molecular flexibility index (Phi) is 4.43. The van der Waals surface area contributed by atoms with E-state index in [4.69, 9.17) is 15.3 Å². The summed E-state index contributed by atoms with van der Waals surface area (Å²) < 4.78 is 32.6. The molecule has 13 heavy (non-hydrogen) atoms. The van der Waals surface area contributed by atoms with Crippen molar-refractivity contribution in [3.63, 3.8) is 0 Å². The third kappa shape index (κ3) is 5.60. The minimum absolute atomic E-state index is 0.0926. The van der Waals surface area contributed by atoms with E-state index in [2.05, 4.69) is 4.18 Å².